The van der Waals surface area contributed by atoms with Crippen molar-refractivity contribution in [2.24, 2.45) is 0 Å². The van der Waals surface area contributed by atoms with Crippen molar-refractivity contribution in [3.63, 3.8) is 0 Å². The molecule has 0 saturated carbocycles. The maximum Gasteiger partial charge on any atom is 0.267 e. The Morgan fingerprint density at radius 1 is 1.10 bits per heavy atom. The zero-order valence-electron chi connectivity index (χ0n) is 17.3. The summed E-state index contributed by atoms with van der Waals surface area (Å²) >= 11 is 0. The number of hydrogen-bond acceptors (Lipinski definition) is 5. The molecule has 2 aromatic carbocycles. The SMILES string of the molecule is CC(C)c1ccc(CN(C(=O)[C@@H]2COc3ccccc3O2)[C@@H]2CCS(=O)(=O)C2)cc1. The van der Waals surface area contributed by atoms with Gasteiger partial charge in [-0.25, -0.2) is 8.42 Å². The molecule has 0 bridgehead atoms. The molecule has 0 aromatic heterocycles. The molecule has 2 aliphatic heterocycles. The Hall–Kier alpha value is -2.54. The Morgan fingerprint density at radius 3 is 2.43 bits per heavy atom. The summed E-state index contributed by atoms with van der Waals surface area (Å²) in [4.78, 5) is 15.1. The van der Waals surface area contributed by atoms with E-state index in [2.05, 4.69) is 26.0 Å². The number of amides is 1. The first kappa shape index (κ1) is 20.7. The predicted octanol–water partition coefficient (Wildman–Crippen LogP) is 3.17. The third kappa shape index (κ3) is 4.46. The van der Waals surface area contributed by atoms with Crippen LogP contribution in [0.2, 0.25) is 0 Å². The van der Waals surface area contributed by atoms with Crippen LogP contribution in [0, 0.1) is 0 Å². The summed E-state index contributed by atoms with van der Waals surface area (Å²) in [6.07, 6.45) is -0.347. The summed E-state index contributed by atoms with van der Waals surface area (Å²) in [7, 11) is -3.13. The van der Waals surface area contributed by atoms with Crippen LogP contribution in [0.1, 0.15) is 37.3 Å². The van der Waals surface area contributed by atoms with Gasteiger partial charge >= 0.3 is 0 Å². The summed E-state index contributed by atoms with van der Waals surface area (Å²) in [5.41, 5.74) is 2.19. The topological polar surface area (TPSA) is 72.9 Å². The molecule has 0 N–H and O–H groups in total. The summed E-state index contributed by atoms with van der Waals surface area (Å²) < 4.78 is 35.8. The van der Waals surface area contributed by atoms with Crippen LogP contribution in [0.25, 0.3) is 0 Å². The molecule has 1 fully saturated rings. The maximum absolute atomic E-state index is 13.4. The van der Waals surface area contributed by atoms with Crippen molar-refractivity contribution in [3.05, 3.63) is 59.7 Å². The van der Waals surface area contributed by atoms with E-state index < -0.39 is 15.9 Å². The second kappa shape index (κ2) is 8.30. The minimum Gasteiger partial charge on any atom is -0.485 e. The van der Waals surface area contributed by atoms with Gasteiger partial charge in [-0.3, -0.25) is 4.79 Å². The number of para-hydroxylation sites is 2. The van der Waals surface area contributed by atoms with Gasteiger partial charge < -0.3 is 14.4 Å². The molecule has 4 rings (SSSR count). The van der Waals surface area contributed by atoms with E-state index in [-0.39, 0.29) is 30.1 Å². The van der Waals surface area contributed by atoms with E-state index in [1.54, 1.807) is 17.0 Å². The number of rotatable bonds is 5. The first-order valence-corrected chi connectivity index (χ1v) is 12.1. The van der Waals surface area contributed by atoms with Crippen molar-refractivity contribution in [2.75, 3.05) is 18.1 Å². The van der Waals surface area contributed by atoms with Crippen molar-refractivity contribution in [1.29, 1.82) is 0 Å². The van der Waals surface area contributed by atoms with Crippen LogP contribution in [-0.2, 0) is 21.2 Å². The first-order valence-electron chi connectivity index (χ1n) is 10.3. The van der Waals surface area contributed by atoms with Crippen molar-refractivity contribution in [3.8, 4) is 11.5 Å². The normalized spacial score (nSPS) is 22.1. The molecule has 0 radical (unpaired) electrons. The van der Waals surface area contributed by atoms with Gasteiger partial charge in [0, 0.05) is 12.6 Å². The highest BCUT2D eigenvalue weighted by molar-refractivity contribution is 7.91. The molecule has 0 aliphatic carbocycles. The molecule has 2 atom stereocenters. The molecule has 2 heterocycles. The fourth-order valence-electron chi connectivity index (χ4n) is 3.94. The number of hydrogen-bond donors (Lipinski definition) is 0. The van der Waals surface area contributed by atoms with E-state index >= 15 is 0 Å². The van der Waals surface area contributed by atoms with E-state index in [1.165, 1.54) is 5.56 Å². The van der Waals surface area contributed by atoms with Gasteiger partial charge in [-0.15, -0.1) is 0 Å². The average molecular weight is 430 g/mol. The Morgan fingerprint density at radius 2 is 1.80 bits per heavy atom. The van der Waals surface area contributed by atoms with Crippen molar-refractivity contribution in [2.45, 2.75) is 44.9 Å². The standard InChI is InChI=1S/C23H27NO5S/c1-16(2)18-9-7-17(8-10-18)13-24(19-11-12-30(26,27)15-19)23(25)22-14-28-20-5-3-4-6-21(20)29-22/h3-10,16,19,22H,11-15H2,1-2H3/t19-,22+/m1/s1. The van der Waals surface area contributed by atoms with Gasteiger partial charge in [0.2, 0.25) is 6.10 Å². The second-order valence-corrected chi connectivity index (χ2v) is 10.5. The molecule has 0 spiro atoms. The molecule has 2 aliphatic rings. The lowest BCUT2D eigenvalue weighted by atomic mass is 10.0. The van der Waals surface area contributed by atoms with E-state index in [0.29, 0.717) is 30.4 Å². The van der Waals surface area contributed by atoms with Gasteiger partial charge in [0.05, 0.1) is 11.5 Å². The lowest BCUT2D eigenvalue weighted by molar-refractivity contribution is -0.143. The fraction of sp³-hybridized carbons (Fsp3) is 0.435. The molecular weight excluding hydrogens is 402 g/mol. The van der Waals surface area contributed by atoms with Gasteiger partial charge in [-0.1, -0.05) is 50.2 Å². The Labute approximate surface area is 177 Å². The first-order chi connectivity index (χ1) is 14.3. The summed E-state index contributed by atoms with van der Waals surface area (Å²) in [5, 5.41) is 0. The molecule has 0 unspecified atom stereocenters. The number of benzene rings is 2. The van der Waals surface area contributed by atoms with Crippen LogP contribution < -0.4 is 9.47 Å². The van der Waals surface area contributed by atoms with E-state index in [0.717, 1.165) is 5.56 Å². The summed E-state index contributed by atoms with van der Waals surface area (Å²) in [6.45, 7) is 4.72. The molecule has 6 nitrogen and oxygen atoms in total. The number of carbonyl (C=O) groups is 1. The quantitative estimate of drug-likeness (QED) is 0.730. The zero-order valence-corrected chi connectivity index (χ0v) is 18.1. The lowest BCUT2D eigenvalue weighted by Gasteiger charge is -2.34. The number of ether oxygens (including phenoxy) is 2. The molecule has 1 saturated heterocycles. The number of sulfone groups is 1. The molecule has 7 heteroatoms. The summed E-state index contributed by atoms with van der Waals surface area (Å²) in [5.74, 6) is 1.43. The van der Waals surface area contributed by atoms with Gasteiger partial charge in [0.1, 0.15) is 6.61 Å². The van der Waals surface area contributed by atoms with Gasteiger partial charge in [0.25, 0.3) is 5.91 Å². The van der Waals surface area contributed by atoms with E-state index in [4.69, 9.17) is 9.47 Å². The van der Waals surface area contributed by atoms with Crippen LogP contribution in [0.3, 0.4) is 0 Å². The number of fused-ring (bicyclic) bond motifs is 1. The minimum absolute atomic E-state index is 0.00696. The number of carbonyl (C=O) groups excluding carboxylic acids is 1. The maximum atomic E-state index is 13.4. The highest BCUT2D eigenvalue weighted by Gasteiger charge is 2.39. The third-order valence-corrected chi connectivity index (χ3v) is 7.47. The Balaban J connectivity index is 1.56. The minimum atomic E-state index is -3.13. The lowest BCUT2D eigenvalue weighted by Crippen LogP contribution is -2.50. The van der Waals surface area contributed by atoms with Crippen LogP contribution in [0.4, 0.5) is 0 Å². The smallest absolute Gasteiger partial charge is 0.267 e. The molecular formula is C23H27NO5S. The predicted molar refractivity (Wildman–Crippen MR) is 114 cm³/mol. The fourth-order valence-corrected chi connectivity index (χ4v) is 5.67. The highest BCUT2D eigenvalue weighted by atomic mass is 32.2. The highest BCUT2D eigenvalue weighted by Crippen LogP contribution is 2.32. The van der Waals surface area contributed by atoms with Crippen molar-refractivity contribution < 1.29 is 22.7 Å². The van der Waals surface area contributed by atoms with Crippen LogP contribution in [-0.4, -0.2) is 49.5 Å². The summed E-state index contributed by atoms with van der Waals surface area (Å²) in [6, 6.07) is 15.0. The Bertz CT molecular complexity index is 1020. The van der Waals surface area contributed by atoms with E-state index in [9.17, 15) is 13.2 Å². The monoisotopic (exact) mass is 429 g/mol. The van der Waals surface area contributed by atoms with Gasteiger partial charge in [-0.2, -0.15) is 0 Å². The van der Waals surface area contributed by atoms with Crippen LogP contribution >= 0.6 is 0 Å². The molecule has 2 aromatic rings. The molecule has 1 amide bonds. The molecule has 160 valence electrons. The Kier molecular flexibility index (Phi) is 5.73. The zero-order chi connectivity index (χ0) is 21.3. The van der Waals surface area contributed by atoms with Crippen molar-refractivity contribution >= 4 is 15.7 Å². The second-order valence-electron chi connectivity index (χ2n) is 8.28. The van der Waals surface area contributed by atoms with Gasteiger partial charge in [0.15, 0.2) is 21.3 Å². The molecule has 30 heavy (non-hydrogen) atoms. The van der Waals surface area contributed by atoms with Crippen LogP contribution in [0.15, 0.2) is 48.5 Å². The van der Waals surface area contributed by atoms with Gasteiger partial charge in [-0.05, 0) is 35.6 Å². The third-order valence-electron chi connectivity index (χ3n) is 5.72. The average Bonchev–Trinajstić information content (AvgIpc) is 3.11. The van der Waals surface area contributed by atoms with Crippen LogP contribution in [0.5, 0.6) is 11.5 Å². The largest absolute Gasteiger partial charge is 0.485 e. The number of nitrogens with zero attached hydrogens (tertiary/aromatic N) is 1. The van der Waals surface area contributed by atoms with E-state index in [1.807, 2.05) is 24.3 Å². The van der Waals surface area contributed by atoms with Crippen molar-refractivity contribution in [1.82, 2.24) is 4.90 Å².